The molecule has 0 aromatic heterocycles. The van der Waals surface area contributed by atoms with Crippen molar-refractivity contribution in [2.24, 2.45) is 0 Å². The molecule has 0 aliphatic rings. The molecule has 2 aromatic carbocycles. The first kappa shape index (κ1) is 23.0. The van der Waals surface area contributed by atoms with Crippen LogP contribution in [0.3, 0.4) is 0 Å². The Hall–Kier alpha value is -2.25. The van der Waals surface area contributed by atoms with Crippen molar-refractivity contribution in [3.05, 3.63) is 58.6 Å². The van der Waals surface area contributed by atoms with Gasteiger partial charge in [0.1, 0.15) is 5.75 Å². The first-order valence-corrected chi connectivity index (χ1v) is 11.5. The molecule has 0 heterocycles. The molecule has 2 aromatic rings. The van der Waals surface area contributed by atoms with Crippen molar-refractivity contribution in [1.29, 1.82) is 0 Å². The number of amides is 1. The van der Waals surface area contributed by atoms with Gasteiger partial charge in [0, 0.05) is 13.0 Å². The van der Waals surface area contributed by atoms with E-state index < -0.39 is 10.0 Å². The van der Waals surface area contributed by atoms with Crippen molar-refractivity contribution in [3.63, 3.8) is 0 Å². The molecule has 1 amide bonds. The van der Waals surface area contributed by atoms with E-state index in [1.54, 1.807) is 18.2 Å². The van der Waals surface area contributed by atoms with Gasteiger partial charge in [-0.1, -0.05) is 41.4 Å². The third kappa shape index (κ3) is 6.65. The van der Waals surface area contributed by atoms with Crippen LogP contribution in [-0.4, -0.2) is 34.2 Å². The second-order valence-corrected chi connectivity index (χ2v) is 9.27. The average Bonchev–Trinajstić information content (AvgIpc) is 2.64. The Bertz CT molecular complexity index is 946. The number of carbonyl (C=O) groups is 1. The van der Waals surface area contributed by atoms with E-state index in [4.69, 9.17) is 16.3 Å². The van der Waals surface area contributed by atoms with Crippen LogP contribution in [0.2, 0.25) is 5.02 Å². The highest BCUT2D eigenvalue weighted by Gasteiger charge is 2.19. The van der Waals surface area contributed by atoms with Gasteiger partial charge in [-0.25, -0.2) is 8.42 Å². The van der Waals surface area contributed by atoms with Gasteiger partial charge < -0.3 is 10.1 Å². The lowest BCUT2D eigenvalue weighted by molar-refractivity contribution is -0.121. The van der Waals surface area contributed by atoms with E-state index in [2.05, 4.69) is 5.32 Å². The third-order valence-electron chi connectivity index (χ3n) is 4.54. The molecular weight excluding hydrogens is 412 g/mol. The molecule has 29 heavy (non-hydrogen) atoms. The number of rotatable bonds is 9. The Morgan fingerprint density at radius 2 is 1.86 bits per heavy atom. The zero-order valence-electron chi connectivity index (χ0n) is 17.1. The van der Waals surface area contributed by atoms with E-state index in [1.807, 2.05) is 38.1 Å². The van der Waals surface area contributed by atoms with Gasteiger partial charge in [-0.3, -0.25) is 9.10 Å². The van der Waals surface area contributed by atoms with E-state index in [9.17, 15) is 13.2 Å². The number of hydrogen-bond acceptors (Lipinski definition) is 4. The zero-order valence-corrected chi connectivity index (χ0v) is 18.7. The Balaban J connectivity index is 1.97. The normalized spacial score (nSPS) is 12.3. The van der Waals surface area contributed by atoms with Crippen molar-refractivity contribution < 1.29 is 17.9 Å². The number of hydrogen-bond donors (Lipinski definition) is 1. The van der Waals surface area contributed by atoms with E-state index in [0.29, 0.717) is 22.9 Å². The largest absolute Gasteiger partial charge is 0.495 e. The van der Waals surface area contributed by atoms with E-state index in [0.717, 1.165) is 17.4 Å². The number of carbonyl (C=O) groups excluding carboxylic acids is 1. The Kier molecular flexibility index (Phi) is 7.93. The topological polar surface area (TPSA) is 75.7 Å². The first-order chi connectivity index (χ1) is 13.6. The number of aryl methyl sites for hydroxylation is 1. The number of sulfonamides is 1. The van der Waals surface area contributed by atoms with Crippen molar-refractivity contribution >= 4 is 33.2 Å². The molecule has 0 bridgehead atoms. The minimum atomic E-state index is -3.52. The molecule has 0 fully saturated rings. The van der Waals surface area contributed by atoms with E-state index >= 15 is 0 Å². The highest BCUT2D eigenvalue weighted by Crippen LogP contribution is 2.30. The number of benzene rings is 2. The standard InChI is InChI=1S/C21H27ClN2O4S/c1-15-7-9-17(10-8-15)16(2)23-21(25)6-5-13-24(29(4,26)27)18-11-12-20(28-3)19(22)14-18/h7-12,14,16H,5-6,13H2,1-4H3,(H,23,25)/t16-/m1/s1. The molecular formula is C21H27ClN2O4S. The van der Waals surface area contributed by atoms with Crippen LogP contribution in [0.25, 0.3) is 0 Å². The lowest BCUT2D eigenvalue weighted by Crippen LogP contribution is -2.32. The maximum atomic E-state index is 12.3. The van der Waals surface area contributed by atoms with Crippen LogP contribution in [0.5, 0.6) is 5.75 Å². The van der Waals surface area contributed by atoms with Crippen molar-refractivity contribution in [2.75, 3.05) is 24.2 Å². The van der Waals surface area contributed by atoms with Crippen molar-refractivity contribution in [1.82, 2.24) is 5.32 Å². The smallest absolute Gasteiger partial charge is 0.232 e. The summed E-state index contributed by atoms with van der Waals surface area (Å²) in [6.07, 6.45) is 1.72. The lowest BCUT2D eigenvalue weighted by atomic mass is 10.1. The number of ether oxygens (including phenoxy) is 1. The molecule has 0 aliphatic heterocycles. The molecule has 2 rings (SSSR count). The molecule has 1 atom stereocenters. The second kappa shape index (κ2) is 9.98. The van der Waals surface area contributed by atoms with Crippen LogP contribution in [-0.2, 0) is 14.8 Å². The number of nitrogens with one attached hydrogen (secondary N) is 1. The quantitative estimate of drug-likeness (QED) is 0.640. The van der Waals surface area contributed by atoms with Crippen molar-refractivity contribution in [2.45, 2.75) is 32.7 Å². The summed E-state index contributed by atoms with van der Waals surface area (Å²) in [4.78, 5) is 12.3. The molecule has 0 aliphatic carbocycles. The summed E-state index contributed by atoms with van der Waals surface area (Å²) in [6.45, 7) is 4.11. The minimum Gasteiger partial charge on any atom is -0.495 e. The van der Waals surface area contributed by atoms with Gasteiger partial charge in [-0.2, -0.15) is 0 Å². The summed E-state index contributed by atoms with van der Waals surface area (Å²) in [5, 5.41) is 3.27. The fourth-order valence-corrected chi connectivity index (χ4v) is 4.14. The lowest BCUT2D eigenvalue weighted by Gasteiger charge is -2.23. The van der Waals surface area contributed by atoms with Crippen LogP contribution in [0, 0.1) is 6.92 Å². The van der Waals surface area contributed by atoms with Crippen molar-refractivity contribution in [3.8, 4) is 5.75 Å². The molecule has 8 heteroatoms. The molecule has 0 saturated heterocycles. The van der Waals surface area contributed by atoms with Gasteiger partial charge in [0.15, 0.2) is 0 Å². The average molecular weight is 439 g/mol. The number of anilines is 1. The fraction of sp³-hybridized carbons (Fsp3) is 0.381. The SMILES string of the molecule is COc1ccc(N(CCCC(=O)N[C@H](C)c2ccc(C)cc2)S(C)(=O)=O)cc1Cl. The molecule has 158 valence electrons. The highest BCUT2D eigenvalue weighted by atomic mass is 35.5. The summed E-state index contributed by atoms with van der Waals surface area (Å²) in [7, 11) is -2.03. The van der Waals surface area contributed by atoms with Gasteiger partial charge in [0.2, 0.25) is 15.9 Å². The van der Waals surface area contributed by atoms with Gasteiger partial charge in [0.05, 0.1) is 30.1 Å². The number of nitrogens with zero attached hydrogens (tertiary/aromatic N) is 1. The van der Waals surface area contributed by atoms with Crippen LogP contribution >= 0.6 is 11.6 Å². The fourth-order valence-electron chi connectivity index (χ4n) is 2.93. The molecule has 0 saturated carbocycles. The Morgan fingerprint density at radius 1 is 1.21 bits per heavy atom. The van der Waals surface area contributed by atoms with Crippen LogP contribution in [0.4, 0.5) is 5.69 Å². The number of halogens is 1. The van der Waals surface area contributed by atoms with E-state index in [-0.39, 0.29) is 24.9 Å². The Morgan fingerprint density at radius 3 is 2.41 bits per heavy atom. The van der Waals surface area contributed by atoms with Gasteiger partial charge in [-0.15, -0.1) is 0 Å². The van der Waals surface area contributed by atoms with Gasteiger partial charge in [0.25, 0.3) is 0 Å². The van der Waals surface area contributed by atoms with E-state index in [1.165, 1.54) is 11.4 Å². The van der Waals surface area contributed by atoms with Crippen LogP contribution in [0.1, 0.15) is 36.9 Å². The van der Waals surface area contributed by atoms with Crippen LogP contribution in [0.15, 0.2) is 42.5 Å². The van der Waals surface area contributed by atoms with Gasteiger partial charge in [-0.05, 0) is 44.0 Å². The zero-order chi connectivity index (χ0) is 21.6. The second-order valence-electron chi connectivity index (χ2n) is 6.96. The molecule has 6 nitrogen and oxygen atoms in total. The maximum absolute atomic E-state index is 12.3. The summed E-state index contributed by atoms with van der Waals surface area (Å²) < 4.78 is 30.8. The minimum absolute atomic E-state index is 0.116. The predicted octanol–water partition coefficient (Wildman–Crippen LogP) is 4.08. The summed E-state index contributed by atoms with van der Waals surface area (Å²) in [5.41, 5.74) is 2.62. The molecule has 0 spiro atoms. The highest BCUT2D eigenvalue weighted by molar-refractivity contribution is 7.92. The molecule has 1 N–H and O–H groups in total. The predicted molar refractivity (Wildman–Crippen MR) is 117 cm³/mol. The summed E-state index contributed by atoms with van der Waals surface area (Å²) in [5.74, 6) is 0.340. The maximum Gasteiger partial charge on any atom is 0.232 e. The summed E-state index contributed by atoms with van der Waals surface area (Å²) in [6, 6.07) is 12.6. The first-order valence-electron chi connectivity index (χ1n) is 9.29. The van der Waals surface area contributed by atoms with Gasteiger partial charge >= 0.3 is 0 Å². The van der Waals surface area contributed by atoms with Crippen LogP contribution < -0.4 is 14.4 Å². The molecule has 0 unspecified atom stereocenters. The third-order valence-corrected chi connectivity index (χ3v) is 6.03. The Labute approximate surface area is 177 Å². The summed E-state index contributed by atoms with van der Waals surface area (Å²) >= 11 is 6.12. The molecule has 0 radical (unpaired) electrons. The number of methoxy groups -OCH3 is 1. The monoisotopic (exact) mass is 438 g/mol.